The number of nitrogens with zero attached hydrogens (tertiary/aromatic N) is 2. The van der Waals surface area contributed by atoms with Gasteiger partial charge in [-0.3, -0.25) is 0 Å². The molecule has 0 saturated carbocycles. The molecule has 0 bridgehead atoms. The van der Waals surface area contributed by atoms with Gasteiger partial charge in [-0.1, -0.05) is 0 Å². The Morgan fingerprint density at radius 2 is 2.07 bits per heavy atom. The van der Waals surface area contributed by atoms with Crippen LogP contribution in [-0.4, -0.2) is 19.0 Å². The molecule has 0 aromatic heterocycles. The summed E-state index contributed by atoms with van der Waals surface area (Å²) in [5.41, 5.74) is 1.13. The molecule has 0 atom stereocenters. The molecule has 1 aliphatic heterocycles. The summed E-state index contributed by atoms with van der Waals surface area (Å²) in [7, 11) is 0. The van der Waals surface area contributed by atoms with Gasteiger partial charge in [-0.15, -0.1) is 0 Å². The monoisotopic (exact) mass is 272 g/mol. The Morgan fingerprint density at radius 1 is 1.40 bits per heavy atom. The van der Waals surface area contributed by atoms with Crippen LogP contribution in [0.25, 0.3) is 0 Å². The molecule has 1 saturated heterocycles. The summed E-state index contributed by atoms with van der Waals surface area (Å²) in [6, 6.07) is 7.03. The third kappa shape index (κ3) is 1.95. The van der Waals surface area contributed by atoms with Crippen molar-refractivity contribution in [2.75, 3.05) is 18.0 Å². The maximum atomic E-state index is 12.6. The van der Waals surface area contributed by atoms with E-state index in [1.54, 1.807) is 23.1 Å². The predicted molar refractivity (Wildman–Crippen MR) is 56.0 cm³/mol. The SMILES string of the molecule is N#Cc1cc(N2CC(F)(F)C2)ccc1Br. The lowest BCUT2D eigenvalue weighted by Gasteiger charge is -2.40. The molecule has 15 heavy (non-hydrogen) atoms. The van der Waals surface area contributed by atoms with E-state index >= 15 is 0 Å². The molecule has 0 unspecified atom stereocenters. The van der Waals surface area contributed by atoms with E-state index in [-0.39, 0.29) is 13.1 Å². The van der Waals surface area contributed by atoms with Crippen molar-refractivity contribution in [1.82, 2.24) is 0 Å². The summed E-state index contributed by atoms with van der Waals surface area (Å²) >= 11 is 3.21. The Morgan fingerprint density at radius 3 is 2.60 bits per heavy atom. The summed E-state index contributed by atoms with van der Waals surface area (Å²) in [5, 5.41) is 8.77. The Kier molecular flexibility index (Phi) is 2.39. The first-order valence-electron chi connectivity index (χ1n) is 4.34. The zero-order valence-corrected chi connectivity index (χ0v) is 9.26. The van der Waals surface area contributed by atoms with E-state index in [1.165, 1.54) is 0 Å². The van der Waals surface area contributed by atoms with Gasteiger partial charge in [-0.2, -0.15) is 5.26 Å². The zero-order valence-electron chi connectivity index (χ0n) is 7.67. The summed E-state index contributed by atoms with van der Waals surface area (Å²) in [6.45, 7) is -0.529. The van der Waals surface area contributed by atoms with Crippen LogP contribution >= 0.6 is 15.9 Å². The molecule has 78 valence electrons. The number of hydrogen-bond donors (Lipinski definition) is 0. The van der Waals surface area contributed by atoms with E-state index in [0.29, 0.717) is 15.7 Å². The third-order valence-electron chi connectivity index (χ3n) is 2.28. The number of benzene rings is 1. The van der Waals surface area contributed by atoms with Crippen LogP contribution in [0.4, 0.5) is 14.5 Å². The summed E-state index contributed by atoms with van der Waals surface area (Å²) in [6.07, 6.45) is 0. The first-order chi connectivity index (χ1) is 7.02. The molecule has 0 amide bonds. The lowest BCUT2D eigenvalue weighted by molar-refractivity contribution is -0.0262. The molecular formula is C10H7BrF2N2. The van der Waals surface area contributed by atoms with Gasteiger partial charge >= 0.3 is 0 Å². The van der Waals surface area contributed by atoms with Crippen LogP contribution in [0.15, 0.2) is 22.7 Å². The van der Waals surface area contributed by atoms with E-state index in [1.807, 2.05) is 6.07 Å². The average Bonchev–Trinajstić information content (AvgIpc) is 2.15. The van der Waals surface area contributed by atoms with Crippen LogP contribution in [0.2, 0.25) is 0 Å². The van der Waals surface area contributed by atoms with Crippen LogP contribution in [0.3, 0.4) is 0 Å². The van der Waals surface area contributed by atoms with Crippen molar-refractivity contribution >= 4 is 21.6 Å². The molecule has 0 radical (unpaired) electrons. The minimum atomic E-state index is -2.58. The van der Waals surface area contributed by atoms with Gasteiger partial charge in [0.25, 0.3) is 5.92 Å². The number of alkyl halides is 2. The molecule has 1 aromatic carbocycles. The van der Waals surface area contributed by atoms with Gasteiger partial charge in [0, 0.05) is 10.2 Å². The van der Waals surface area contributed by atoms with Crippen molar-refractivity contribution in [3.63, 3.8) is 0 Å². The zero-order chi connectivity index (χ0) is 11.1. The van der Waals surface area contributed by atoms with Crippen molar-refractivity contribution in [2.24, 2.45) is 0 Å². The fourth-order valence-electron chi connectivity index (χ4n) is 1.49. The second kappa shape index (κ2) is 3.46. The smallest absolute Gasteiger partial charge is 0.282 e. The molecule has 2 rings (SSSR count). The third-order valence-corrected chi connectivity index (χ3v) is 2.97. The van der Waals surface area contributed by atoms with Crippen LogP contribution in [-0.2, 0) is 0 Å². The van der Waals surface area contributed by atoms with Crippen molar-refractivity contribution in [2.45, 2.75) is 5.92 Å². The van der Waals surface area contributed by atoms with Crippen molar-refractivity contribution < 1.29 is 8.78 Å². The van der Waals surface area contributed by atoms with Gasteiger partial charge in [0.05, 0.1) is 18.7 Å². The normalized spacial score (nSPS) is 18.1. The highest BCUT2D eigenvalue weighted by atomic mass is 79.9. The van der Waals surface area contributed by atoms with E-state index in [2.05, 4.69) is 15.9 Å². The van der Waals surface area contributed by atoms with Gasteiger partial charge in [0.15, 0.2) is 0 Å². The van der Waals surface area contributed by atoms with Gasteiger partial charge in [0.1, 0.15) is 6.07 Å². The number of halogens is 3. The standard InChI is InChI=1S/C10H7BrF2N2/c11-9-2-1-8(3-7(9)4-14)15-5-10(12,13)6-15/h1-3H,5-6H2. The lowest BCUT2D eigenvalue weighted by atomic mass is 10.1. The van der Waals surface area contributed by atoms with Crippen molar-refractivity contribution in [1.29, 1.82) is 5.26 Å². The largest absolute Gasteiger partial charge is 0.359 e. The second-order valence-electron chi connectivity index (χ2n) is 3.49. The van der Waals surface area contributed by atoms with Crippen LogP contribution in [0.5, 0.6) is 0 Å². The van der Waals surface area contributed by atoms with E-state index in [4.69, 9.17) is 5.26 Å². The molecular weight excluding hydrogens is 266 g/mol. The Labute approximate surface area is 94.2 Å². The predicted octanol–water partition coefficient (Wildman–Crippen LogP) is 2.78. The second-order valence-corrected chi connectivity index (χ2v) is 4.34. The molecule has 0 spiro atoms. The minimum Gasteiger partial charge on any atom is -0.359 e. The highest BCUT2D eigenvalue weighted by Gasteiger charge is 2.43. The molecule has 1 heterocycles. The highest BCUT2D eigenvalue weighted by Crippen LogP contribution is 2.33. The molecule has 0 aliphatic carbocycles. The van der Waals surface area contributed by atoms with Crippen LogP contribution < -0.4 is 4.90 Å². The Hall–Kier alpha value is -1.15. The number of anilines is 1. The quantitative estimate of drug-likeness (QED) is 0.786. The summed E-state index contributed by atoms with van der Waals surface area (Å²) < 4.78 is 25.9. The lowest BCUT2D eigenvalue weighted by Crippen LogP contribution is -2.56. The maximum absolute atomic E-state index is 12.6. The maximum Gasteiger partial charge on any atom is 0.282 e. The molecule has 1 aliphatic rings. The van der Waals surface area contributed by atoms with Crippen molar-refractivity contribution in [3.8, 4) is 6.07 Å². The summed E-state index contributed by atoms with van der Waals surface area (Å²) in [4.78, 5) is 1.55. The number of hydrogen-bond acceptors (Lipinski definition) is 2. The Bertz CT molecular complexity index is 432. The van der Waals surface area contributed by atoms with E-state index in [9.17, 15) is 8.78 Å². The molecule has 0 N–H and O–H groups in total. The average molecular weight is 273 g/mol. The number of rotatable bonds is 1. The molecule has 1 fully saturated rings. The van der Waals surface area contributed by atoms with E-state index in [0.717, 1.165) is 0 Å². The van der Waals surface area contributed by atoms with Gasteiger partial charge in [0.2, 0.25) is 0 Å². The molecule has 5 heteroatoms. The summed E-state index contributed by atoms with van der Waals surface area (Å²) in [5.74, 6) is -2.58. The molecule has 2 nitrogen and oxygen atoms in total. The first kappa shape index (κ1) is 10.4. The topological polar surface area (TPSA) is 27.0 Å². The van der Waals surface area contributed by atoms with Gasteiger partial charge in [-0.05, 0) is 34.1 Å². The molecule has 1 aromatic rings. The van der Waals surface area contributed by atoms with E-state index < -0.39 is 5.92 Å². The van der Waals surface area contributed by atoms with Gasteiger partial charge < -0.3 is 4.90 Å². The van der Waals surface area contributed by atoms with Gasteiger partial charge in [-0.25, -0.2) is 8.78 Å². The van der Waals surface area contributed by atoms with Crippen molar-refractivity contribution in [3.05, 3.63) is 28.2 Å². The fourth-order valence-corrected chi connectivity index (χ4v) is 1.83. The number of nitriles is 1. The van der Waals surface area contributed by atoms with Crippen LogP contribution in [0, 0.1) is 11.3 Å². The van der Waals surface area contributed by atoms with Crippen LogP contribution in [0.1, 0.15) is 5.56 Å². The Balaban J connectivity index is 2.22. The fraction of sp³-hybridized carbons (Fsp3) is 0.300. The minimum absolute atomic E-state index is 0.264. The first-order valence-corrected chi connectivity index (χ1v) is 5.13. The highest BCUT2D eigenvalue weighted by molar-refractivity contribution is 9.10.